The molecule has 0 aliphatic carbocycles. The standard InChI is InChI=1S/C13H20N4O2/c1-9-5-4-8-17(11(9)12(18)19)10-6-7-14-13(15-10)16(2)3/h6-7,9,11H,4-5,8H2,1-3H3,(H,18,19). The lowest BCUT2D eigenvalue weighted by Crippen LogP contribution is -2.49. The van der Waals surface area contributed by atoms with Gasteiger partial charge in [-0.25, -0.2) is 9.78 Å². The smallest absolute Gasteiger partial charge is 0.326 e. The quantitative estimate of drug-likeness (QED) is 0.885. The van der Waals surface area contributed by atoms with Gasteiger partial charge >= 0.3 is 5.97 Å². The second kappa shape index (κ2) is 5.42. The summed E-state index contributed by atoms with van der Waals surface area (Å²) in [4.78, 5) is 23.8. The van der Waals surface area contributed by atoms with E-state index < -0.39 is 12.0 Å². The summed E-state index contributed by atoms with van der Waals surface area (Å²) in [5.74, 6) is 0.638. The van der Waals surface area contributed by atoms with Crippen molar-refractivity contribution in [3.63, 3.8) is 0 Å². The van der Waals surface area contributed by atoms with E-state index in [0.29, 0.717) is 11.8 Å². The Morgan fingerprint density at radius 2 is 2.26 bits per heavy atom. The van der Waals surface area contributed by atoms with Crippen LogP contribution in [0.2, 0.25) is 0 Å². The Bertz CT molecular complexity index is 464. The number of carbonyl (C=O) groups is 1. The molecule has 0 spiro atoms. The maximum atomic E-state index is 11.5. The minimum absolute atomic E-state index is 0.129. The molecule has 104 valence electrons. The van der Waals surface area contributed by atoms with Gasteiger partial charge in [0.15, 0.2) is 0 Å². The number of aromatic nitrogens is 2. The molecule has 1 aliphatic rings. The van der Waals surface area contributed by atoms with Crippen molar-refractivity contribution in [2.75, 3.05) is 30.4 Å². The summed E-state index contributed by atoms with van der Waals surface area (Å²) >= 11 is 0. The van der Waals surface area contributed by atoms with Crippen molar-refractivity contribution < 1.29 is 9.90 Å². The van der Waals surface area contributed by atoms with E-state index in [1.165, 1.54) is 0 Å². The van der Waals surface area contributed by atoms with Gasteiger partial charge < -0.3 is 14.9 Å². The Morgan fingerprint density at radius 1 is 1.53 bits per heavy atom. The molecule has 6 nitrogen and oxygen atoms in total. The molecule has 2 rings (SSSR count). The number of aliphatic carboxylic acids is 1. The SMILES string of the molecule is CC1CCCN(c2ccnc(N(C)C)n2)C1C(=O)O. The first-order chi connectivity index (χ1) is 9.00. The van der Waals surface area contributed by atoms with Crippen LogP contribution >= 0.6 is 0 Å². The van der Waals surface area contributed by atoms with Gasteiger partial charge in [-0.15, -0.1) is 0 Å². The van der Waals surface area contributed by atoms with Crippen molar-refractivity contribution in [2.45, 2.75) is 25.8 Å². The van der Waals surface area contributed by atoms with E-state index in [-0.39, 0.29) is 5.92 Å². The van der Waals surface area contributed by atoms with Gasteiger partial charge in [-0.2, -0.15) is 4.98 Å². The van der Waals surface area contributed by atoms with Crippen LogP contribution in [0.15, 0.2) is 12.3 Å². The summed E-state index contributed by atoms with van der Waals surface area (Å²) in [7, 11) is 3.74. The van der Waals surface area contributed by atoms with E-state index in [4.69, 9.17) is 0 Å². The van der Waals surface area contributed by atoms with Crippen molar-refractivity contribution in [3.8, 4) is 0 Å². The molecule has 2 heterocycles. The van der Waals surface area contributed by atoms with Crippen LogP contribution in [0.25, 0.3) is 0 Å². The van der Waals surface area contributed by atoms with Crippen LogP contribution in [0.4, 0.5) is 11.8 Å². The van der Waals surface area contributed by atoms with Crippen LogP contribution < -0.4 is 9.80 Å². The summed E-state index contributed by atoms with van der Waals surface area (Å²) in [6.45, 7) is 2.71. The Labute approximate surface area is 113 Å². The summed E-state index contributed by atoms with van der Waals surface area (Å²) in [6.07, 6.45) is 3.61. The molecule has 1 saturated heterocycles. The largest absolute Gasteiger partial charge is 0.480 e. The van der Waals surface area contributed by atoms with Crippen LogP contribution in [-0.4, -0.2) is 47.7 Å². The van der Waals surface area contributed by atoms with Crippen molar-refractivity contribution in [3.05, 3.63) is 12.3 Å². The average molecular weight is 264 g/mol. The predicted molar refractivity (Wildman–Crippen MR) is 73.5 cm³/mol. The fourth-order valence-corrected chi connectivity index (χ4v) is 2.54. The molecule has 1 aromatic rings. The fraction of sp³-hybridized carbons (Fsp3) is 0.615. The summed E-state index contributed by atoms with van der Waals surface area (Å²) in [5, 5.41) is 9.42. The van der Waals surface area contributed by atoms with Crippen LogP contribution in [0.3, 0.4) is 0 Å². The van der Waals surface area contributed by atoms with E-state index in [2.05, 4.69) is 9.97 Å². The molecule has 0 saturated carbocycles. The highest BCUT2D eigenvalue weighted by Gasteiger charge is 2.35. The molecule has 0 amide bonds. The molecule has 1 N–H and O–H groups in total. The lowest BCUT2D eigenvalue weighted by molar-refractivity contribution is -0.140. The van der Waals surface area contributed by atoms with E-state index in [0.717, 1.165) is 19.4 Å². The molecule has 2 unspecified atom stereocenters. The lowest BCUT2D eigenvalue weighted by Gasteiger charge is -2.38. The first kappa shape index (κ1) is 13.6. The number of hydrogen-bond acceptors (Lipinski definition) is 5. The van der Waals surface area contributed by atoms with Gasteiger partial charge in [-0.1, -0.05) is 6.92 Å². The average Bonchev–Trinajstić information content (AvgIpc) is 2.38. The zero-order valence-electron chi connectivity index (χ0n) is 11.6. The zero-order chi connectivity index (χ0) is 14.0. The number of anilines is 2. The second-order valence-electron chi connectivity index (χ2n) is 5.21. The second-order valence-corrected chi connectivity index (χ2v) is 5.21. The van der Waals surface area contributed by atoms with E-state index in [1.807, 2.05) is 30.8 Å². The Kier molecular flexibility index (Phi) is 3.87. The number of piperidine rings is 1. The van der Waals surface area contributed by atoms with Crippen molar-refractivity contribution >= 4 is 17.7 Å². The molecule has 1 aromatic heterocycles. The molecular weight excluding hydrogens is 244 g/mol. The van der Waals surface area contributed by atoms with Gasteiger partial charge in [0, 0.05) is 26.8 Å². The highest BCUT2D eigenvalue weighted by molar-refractivity contribution is 5.78. The maximum absolute atomic E-state index is 11.5. The number of hydrogen-bond donors (Lipinski definition) is 1. The summed E-state index contributed by atoms with van der Waals surface area (Å²) in [6, 6.07) is 1.28. The predicted octanol–water partition coefficient (Wildman–Crippen LogP) is 1.23. The number of rotatable bonds is 3. The summed E-state index contributed by atoms with van der Waals surface area (Å²) < 4.78 is 0. The van der Waals surface area contributed by atoms with Gasteiger partial charge in [0.1, 0.15) is 11.9 Å². The first-order valence-corrected chi connectivity index (χ1v) is 6.50. The van der Waals surface area contributed by atoms with Crippen molar-refractivity contribution in [1.29, 1.82) is 0 Å². The molecule has 2 atom stereocenters. The third kappa shape index (κ3) is 2.77. The lowest BCUT2D eigenvalue weighted by atomic mass is 9.91. The van der Waals surface area contributed by atoms with Crippen LogP contribution in [0.5, 0.6) is 0 Å². The van der Waals surface area contributed by atoms with Crippen LogP contribution in [-0.2, 0) is 4.79 Å². The molecule has 0 bridgehead atoms. The van der Waals surface area contributed by atoms with E-state index in [1.54, 1.807) is 12.3 Å². The molecular formula is C13H20N4O2. The maximum Gasteiger partial charge on any atom is 0.326 e. The Hall–Kier alpha value is -1.85. The molecule has 6 heteroatoms. The topological polar surface area (TPSA) is 69.6 Å². The number of carboxylic acids is 1. The van der Waals surface area contributed by atoms with E-state index >= 15 is 0 Å². The molecule has 1 fully saturated rings. The van der Waals surface area contributed by atoms with Gasteiger partial charge in [0.05, 0.1) is 0 Å². The zero-order valence-corrected chi connectivity index (χ0v) is 11.6. The minimum Gasteiger partial charge on any atom is -0.480 e. The van der Waals surface area contributed by atoms with Crippen molar-refractivity contribution in [2.24, 2.45) is 5.92 Å². The highest BCUT2D eigenvalue weighted by atomic mass is 16.4. The minimum atomic E-state index is -0.780. The molecule has 19 heavy (non-hydrogen) atoms. The third-order valence-corrected chi connectivity index (χ3v) is 3.51. The fourth-order valence-electron chi connectivity index (χ4n) is 2.54. The monoisotopic (exact) mass is 264 g/mol. The van der Waals surface area contributed by atoms with Crippen LogP contribution in [0, 0.1) is 5.92 Å². The molecule has 0 radical (unpaired) electrons. The Balaban J connectivity index is 2.32. The van der Waals surface area contributed by atoms with Gasteiger partial charge in [0.2, 0.25) is 5.95 Å². The number of carboxylic acid groups (broad SMARTS) is 1. The molecule has 0 aromatic carbocycles. The third-order valence-electron chi connectivity index (χ3n) is 3.51. The highest BCUT2D eigenvalue weighted by Crippen LogP contribution is 2.28. The Morgan fingerprint density at radius 3 is 2.89 bits per heavy atom. The van der Waals surface area contributed by atoms with Gasteiger partial charge in [-0.05, 0) is 24.8 Å². The van der Waals surface area contributed by atoms with Crippen molar-refractivity contribution in [1.82, 2.24) is 9.97 Å². The summed E-state index contributed by atoms with van der Waals surface area (Å²) in [5.41, 5.74) is 0. The van der Waals surface area contributed by atoms with Gasteiger partial charge in [-0.3, -0.25) is 0 Å². The number of nitrogens with zero attached hydrogens (tertiary/aromatic N) is 4. The molecule has 1 aliphatic heterocycles. The van der Waals surface area contributed by atoms with Gasteiger partial charge in [0.25, 0.3) is 0 Å². The first-order valence-electron chi connectivity index (χ1n) is 6.50. The normalized spacial score (nSPS) is 23.2. The van der Waals surface area contributed by atoms with E-state index in [9.17, 15) is 9.90 Å². The van der Waals surface area contributed by atoms with Crippen LogP contribution in [0.1, 0.15) is 19.8 Å².